The molecule has 148 valence electrons. The standard InChI is InChI=1S/C23H22N2O3S/c1-3-29-17-7-8-21(28-16-6-4-5-15(11-16)14-26)19(12-17)20-13-25(2)23(27)22-18(20)9-10-24-22/h4-13,24,26H,3,14H2,1-2H3. The minimum atomic E-state index is -0.0639. The molecule has 2 heterocycles. The van der Waals surface area contributed by atoms with Crippen LogP contribution < -0.4 is 10.3 Å². The van der Waals surface area contributed by atoms with Gasteiger partial charge >= 0.3 is 0 Å². The summed E-state index contributed by atoms with van der Waals surface area (Å²) in [6.45, 7) is 2.08. The molecule has 0 amide bonds. The Kier molecular flexibility index (Phi) is 5.47. The summed E-state index contributed by atoms with van der Waals surface area (Å²) in [4.78, 5) is 16.7. The molecule has 0 aliphatic carbocycles. The molecule has 0 bridgehead atoms. The number of nitrogens with one attached hydrogen (secondary N) is 1. The smallest absolute Gasteiger partial charge is 0.274 e. The zero-order chi connectivity index (χ0) is 20.4. The van der Waals surface area contributed by atoms with Gasteiger partial charge in [-0.05, 0) is 47.7 Å². The second kappa shape index (κ2) is 8.19. The lowest BCUT2D eigenvalue weighted by atomic mass is 10.0. The van der Waals surface area contributed by atoms with E-state index in [-0.39, 0.29) is 12.2 Å². The van der Waals surface area contributed by atoms with Crippen molar-refractivity contribution in [2.45, 2.75) is 18.4 Å². The fraction of sp³-hybridized carbons (Fsp3) is 0.174. The second-order valence-corrected chi connectivity index (χ2v) is 8.06. The first kappa shape index (κ1) is 19.4. The van der Waals surface area contributed by atoms with E-state index in [9.17, 15) is 9.90 Å². The van der Waals surface area contributed by atoms with E-state index in [4.69, 9.17) is 4.74 Å². The monoisotopic (exact) mass is 406 g/mol. The Morgan fingerprint density at radius 3 is 2.79 bits per heavy atom. The normalized spacial score (nSPS) is 11.1. The van der Waals surface area contributed by atoms with Crippen LogP contribution in [-0.2, 0) is 13.7 Å². The average Bonchev–Trinajstić information content (AvgIpc) is 3.22. The number of aromatic amines is 1. The van der Waals surface area contributed by atoms with Crippen LogP contribution in [-0.4, -0.2) is 20.4 Å². The van der Waals surface area contributed by atoms with Crippen molar-refractivity contribution in [3.05, 3.63) is 76.8 Å². The van der Waals surface area contributed by atoms with E-state index in [1.807, 2.05) is 48.7 Å². The topological polar surface area (TPSA) is 67.2 Å². The predicted octanol–water partition coefficient (Wildman–Crippen LogP) is 4.93. The van der Waals surface area contributed by atoms with Gasteiger partial charge in [-0.2, -0.15) is 0 Å². The molecule has 0 fully saturated rings. The molecule has 2 N–H and O–H groups in total. The molecule has 0 saturated carbocycles. The number of benzene rings is 2. The predicted molar refractivity (Wildman–Crippen MR) is 118 cm³/mol. The van der Waals surface area contributed by atoms with Crippen LogP contribution in [0, 0.1) is 0 Å². The first-order valence-corrected chi connectivity index (χ1v) is 10.4. The first-order valence-electron chi connectivity index (χ1n) is 9.42. The lowest BCUT2D eigenvalue weighted by Gasteiger charge is -2.15. The minimum Gasteiger partial charge on any atom is -0.457 e. The van der Waals surface area contributed by atoms with Crippen LogP contribution in [0.4, 0.5) is 0 Å². The maximum Gasteiger partial charge on any atom is 0.274 e. The van der Waals surface area contributed by atoms with Crippen LogP contribution >= 0.6 is 11.8 Å². The summed E-state index contributed by atoms with van der Waals surface area (Å²) in [7, 11) is 1.75. The lowest BCUT2D eigenvalue weighted by molar-refractivity contribution is 0.281. The molecule has 0 unspecified atom stereocenters. The van der Waals surface area contributed by atoms with Crippen molar-refractivity contribution in [1.82, 2.24) is 9.55 Å². The summed E-state index contributed by atoms with van der Waals surface area (Å²) in [5, 5.41) is 10.3. The highest BCUT2D eigenvalue weighted by molar-refractivity contribution is 7.99. The van der Waals surface area contributed by atoms with Gasteiger partial charge in [-0.1, -0.05) is 19.1 Å². The molecule has 4 aromatic rings. The van der Waals surface area contributed by atoms with Gasteiger partial charge in [0.25, 0.3) is 5.56 Å². The van der Waals surface area contributed by atoms with Crippen LogP contribution in [0.2, 0.25) is 0 Å². The van der Waals surface area contributed by atoms with Gasteiger partial charge in [0.05, 0.1) is 6.61 Å². The van der Waals surface area contributed by atoms with Crippen molar-refractivity contribution in [3.8, 4) is 22.6 Å². The molecular formula is C23H22N2O3S. The largest absolute Gasteiger partial charge is 0.457 e. The lowest BCUT2D eigenvalue weighted by Crippen LogP contribution is -2.16. The Hall–Kier alpha value is -2.96. The number of rotatable bonds is 6. The third-order valence-electron chi connectivity index (χ3n) is 4.76. The SMILES string of the molecule is CCSc1ccc(Oc2cccc(CO)c2)c(-c2cn(C)c(=O)c3[nH]ccc23)c1. The van der Waals surface area contributed by atoms with Crippen molar-refractivity contribution in [2.24, 2.45) is 7.05 Å². The third-order valence-corrected chi connectivity index (χ3v) is 5.63. The number of hydrogen-bond donors (Lipinski definition) is 2. The Bertz CT molecular complexity index is 1230. The van der Waals surface area contributed by atoms with Gasteiger partial charge in [-0.25, -0.2) is 0 Å². The molecule has 0 spiro atoms. The summed E-state index contributed by atoms with van der Waals surface area (Å²) in [6, 6.07) is 15.4. The maximum atomic E-state index is 12.5. The molecular weight excluding hydrogens is 384 g/mol. The highest BCUT2D eigenvalue weighted by Gasteiger charge is 2.15. The fourth-order valence-electron chi connectivity index (χ4n) is 3.38. The van der Waals surface area contributed by atoms with E-state index in [0.717, 1.165) is 32.7 Å². The molecule has 0 radical (unpaired) electrons. The van der Waals surface area contributed by atoms with Gasteiger partial charge in [-0.3, -0.25) is 4.79 Å². The number of nitrogens with zero attached hydrogens (tertiary/aromatic N) is 1. The molecule has 29 heavy (non-hydrogen) atoms. The van der Waals surface area contributed by atoms with Gasteiger partial charge in [0.2, 0.25) is 0 Å². The number of pyridine rings is 1. The molecule has 6 heteroatoms. The number of aliphatic hydroxyl groups excluding tert-OH is 1. The molecule has 0 atom stereocenters. The summed E-state index contributed by atoms with van der Waals surface area (Å²) >= 11 is 1.76. The number of hydrogen-bond acceptors (Lipinski definition) is 4. The summed E-state index contributed by atoms with van der Waals surface area (Å²) in [6.07, 6.45) is 3.64. The summed E-state index contributed by atoms with van der Waals surface area (Å²) in [5.74, 6) is 2.32. The van der Waals surface area contributed by atoms with E-state index in [0.29, 0.717) is 17.0 Å². The van der Waals surface area contributed by atoms with Crippen LogP contribution in [0.5, 0.6) is 11.5 Å². The zero-order valence-corrected chi connectivity index (χ0v) is 17.1. The van der Waals surface area contributed by atoms with Gasteiger partial charge in [0.1, 0.15) is 17.0 Å². The van der Waals surface area contributed by atoms with Crippen molar-refractivity contribution >= 4 is 22.7 Å². The molecule has 2 aromatic carbocycles. The number of aromatic nitrogens is 2. The van der Waals surface area contributed by atoms with Gasteiger partial charge in [-0.15, -0.1) is 11.8 Å². The maximum absolute atomic E-state index is 12.5. The van der Waals surface area contributed by atoms with Gasteiger partial charge < -0.3 is 19.4 Å². The molecule has 2 aromatic heterocycles. The number of H-pyrrole nitrogens is 1. The highest BCUT2D eigenvalue weighted by atomic mass is 32.2. The average molecular weight is 407 g/mol. The molecule has 4 rings (SSSR count). The van der Waals surface area contributed by atoms with Crippen molar-refractivity contribution in [2.75, 3.05) is 5.75 Å². The Morgan fingerprint density at radius 1 is 1.14 bits per heavy atom. The number of ether oxygens (including phenoxy) is 1. The van der Waals surface area contributed by atoms with E-state index in [1.54, 1.807) is 29.6 Å². The third kappa shape index (κ3) is 3.81. The van der Waals surface area contributed by atoms with Crippen molar-refractivity contribution < 1.29 is 9.84 Å². The second-order valence-electron chi connectivity index (χ2n) is 6.72. The van der Waals surface area contributed by atoms with Crippen LogP contribution in [0.15, 0.2) is 70.6 Å². The first-order chi connectivity index (χ1) is 14.1. The number of thioether (sulfide) groups is 1. The highest BCUT2D eigenvalue weighted by Crippen LogP contribution is 2.39. The van der Waals surface area contributed by atoms with Crippen molar-refractivity contribution in [3.63, 3.8) is 0 Å². The van der Waals surface area contributed by atoms with Crippen LogP contribution in [0.1, 0.15) is 12.5 Å². The molecule has 5 nitrogen and oxygen atoms in total. The quantitative estimate of drug-likeness (QED) is 0.446. The van der Waals surface area contributed by atoms with E-state index in [2.05, 4.69) is 18.0 Å². The number of aryl methyl sites for hydroxylation is 1. The Labute approximate surface area is 173 Å². The minimum absolute atomic E-state index is 0.0408. The van der Waals surface area contributed by atoms with Crippen molar-refractivity contribution in [1.29, 1.82) is 0 Å². The Balaban J connectivity index is 1.89. The Morgan fingerprint density at radius 2 is 2.00 bits per heavy atom. The van der Waals surface area contributed by atoms with Crippen LogP contribution in [0.25, 0.3) is 22.0 Å². The van der Waals surface area contributed by atoms with E-state index in [1.165, 1.54) is 0 Å². The number of aliphatic hydroxyl groups is 1. The molecule has 0 aliphatic heterocycles. The zero-order valence-electron chi connectivity index (χ0n) is 16.3. The van der Waals surface area contributed by atoms with Gasteiger partial charge in [0.15, 0.2) is 0 Å². The fourth-order valence-corrected chi connectivity index (χ4v) is 4.08. The molecule has 0 saturated heterocycles. The van der Waals surface area contributed by atoms with E-state index >= 15 is 0 Å². The number of fused-ring (bicyclic) bond motifs is 1. The van der Waals surface area contributed by atoms with Gasteiger partial charge in [0, 0.05) is 40.8 Å². The summed E-state index contributed by atoms with van der Waals surface area (Å²) in [5.41, 5.74) is 3.14. The summed E-state index contributed by atoms with van der Waals surface area (Å²) < 4.78 is 7.80. The van der Waals surface area contributed by atoms with E-state index < -0.39 is 0 Å². The molecule has 0 aliphatic rings. The van der Waals surface area contributed by atoms with Crippen LogP contribution in [0.3, 0.4) is 0 Å².